The number of hydrogen-bond acceptors (Lipinski definition) is 4. The van der Waals surface area contributed by atoms with Gasteiger partial charge in [0.05, 0.1) is 4.90 Å². The molecule has 156 valence electrons. The third-order valence-corrected chi connectivity index (χ3v) is 7.14. The smallest absolute Gasteiger partial charge is 0.255 e. The number of benzene rings is 2. The monoisotopic (exact) mass is 415 g/mol. The summed E-state index contributed by atoms with van der Waals surface area (Å²) < 4.78 is 27.1. The Bertz CT molecular complexity index is 954. The first-order chi connectivity index (χ1) is 13.6. The third-order valence-electron chi connectivity index (χ3n) is 5.23. The predicted octanol–water partition coefficient (Wildman–Crippen LogP) is 3.17. The van der Waals surface area contributed by atoms with Crippen molar-refractivity contribution in [1.82, 2.24) is 9.21 Å². The van der Waals surface area contributed by atoms with Crippen LogP contribution in [0.4, 0.5) is 5.69 Å². The van der Waals surface area contributed by atoms with E-state index in [4.69, 9.17) is 0 Å². The molecule has 1 aliphatic rings. The van der Waals surface area contributed by atoms with Crippen molar-refractivity contribution < 1.29 is 13.2 Å². The van der Waals surface area contributed by atoms with Gasteiger partial charge in [-0.25, -0.2) is 8.42 Å². The number of amides is 1. The molecular formula is C22H29N3O3S. The van der Waals surface area contributed by atoms with Crippen molar-refractivity contribution in [2.75, 3.05) is 38.5 Å². The van der Waals surface area contributed by atoms with E-state index in [9.17, 15) is 13.2 Å². The Labute approximate surface area is 173 Å². The number of carbonyl (C=O) groups is 1. The van der Waals surface area contributed by atoms with Gasteiger partial charge >= 0.3 is 0 Å². The molecular weight excluding hydrogens is 386 g/mol. The number of anilines is 1. The van der Waals surface area contributed by atoms with Crippen LogP contribution >= 0.6 is 0 Å². The highest BCUT2D eigenvalue weighted by atomic mass is 32.2. The van der Waals surface area contributed by atoms with Crippen LogP contribution in [-0.4, -0.2) is 56.8 Å². The minimum Gasteiger partial charge on any atom is -0.322 e. The summed E-state index contributed by atoms with van der Waals surface area (Å²) in [7, 11) is -1.52. The molecule has 0 aliphatic carbocycles. The van der Waals surface area contributed by atoms with Crippen LogP contribution in [0, 0.1) is 0 Å². The largest absolute Gasteiger partial charge is 0.322 e. The Morgan fingerprint density at radius 3 is 1.97 bits per heavy atom. The molecule has 29 heavy (non-hydrogen) atoms. The van der Waals surface area contributed by atoms with Gasteiger partial charge < -0.3 is 10.2 Å². The molecule has 1 amide bonds. The molecule has 3 rings (SSSR count). The minimum absolute atomic E-state index is 0.0279. The molecule has 2 aromatic rings. The molecule has 0 bridgehead atoms. The zero-order valence-electron chi connectivity index (χ0n) is 17.5. The maximum absolute atomic E-state index is 12.8. The van der Waals surface area contributed by atoms with Crippen molar-refractivity contribution in [1.29, 1.82) is 0 Å². The zero-order valence-corrected chi connectivity index (χ0v) is 18.3. The third kappa shape index (κ3) is 5.04. The van der Waals surface area contributed by atoms with Crippen molar-refractivity contribution in [3.63, 3.8) is 0 Å². The highest BCUT2D eigenvalue weighted by Gasteiger charge is 2.27. The Hall–Kier alpha value is -2.22. The molecule has 0 radical (unpaired) electrons. The maximum atomic E-state index is 12.8. The normalized spacial score (nSPS) is 16.6. The van der Waals surface area contributed by atoms with E-state index < -0.39 is 10.0 Å². The number of rotatable bonds is 4. The number of carbonyl (C=O) groups excluding carboxylic acids is 1. The van der Waals surface area contributed by atoms with E-state index >= 15 is 0 Å². The first kappa shape index (κ1) is 21.5. The molecule has 0 spiro atoms. The molecule has 6 nitrogen and oxygen atoms in total. The lowest BCUT2D eigenvalue weighted by molar-refractivity contribution is 0.102. The van der Waals surface area contributed by atoms with Gasteiger partial charge in [-0.2, -0.15) is 4.31 Å². The topological polar surface area (TPSA) is 69.7 Å². The van der Waals surface area contributed by atoms with Gasteiger partial charge in [0, 0.05) is 37.4 Å². The van der Waals surface area contributed by atoms with Crippen LogP contribution in [0.1, 0.15) is 36.7 Å². The van der Waals surface area contributed by atoms with Gasteiger partial charge in [-0.05, 0) is 54.4 Å². The van der Waals surface area contributed by atoms with Crippen molar-refractivity contribution in [2.45, 2.75) is 31.1 Å². The molecule has 7 heteroatoms. The second kappa shape index (κ2) is 8.26. The predicted molar refractivity (Wildman–Crippen MR) is 116 cm³/mol. The Morgan fingerprint density at radius 1 is 0.897 bits per heavy atom. The van der Waals surface area contributed by atoms with Crippen molar-refractivity contribution >= 4 is 21.6 Å². The number of nitrogens with one attached hydrogen (secondary N) is 1. The minimum atomic E-state index is -3.51. The molecule has 1 saturated heterocycles. The summed E-state index contributed by atoms with van der Waals surface area (Å²) in [6, 6.07) is 13.9. The van der Waals surface area contributed by atoms with Gasteiger partial charge in [-0.3, -0.25) is 4.79 Å². The van der Waals surface area contributed by atoms with Gasteiger partial charge in [0.1, 0.15) is 0 Å². The van der Waals surface area contributed by atoms with Gasteiger partial charge in [-0.15, -0.1) is 0 Å². The van der Waals surface area contributed by atoms with Crippen LogP contribution in [0.5, 0.6) is 0 Å². The molecule has 0 aromatic heterocycles. The fourth-order valence-electron chi connectivity index (χ4n) is 3.21. The molecule has 1 N–H and O–H groups in total. The fourth-order valence-corrected chi connectivity index (χ4v) is 4.63. The zero-order chi connectivity index (χ0) is 21.2. The van der Waals surface area contributed by atoms with Crippen molar-refractivity contribution in [3.8, 4) is 0 Å². The SMILES string of the molecule is CN1CCN(S(=O)(=O)c2ccc(NC(=O)c3ccc(C(C)(C)C)cc3)cc2)CC1. The number of hydrogen-bond donors (Lipinski definition) is 1. The average Bonchev–Trinajstić information content (AvgIpc) is 2.68. The fraction of sp³-hybridized carbons (Fsp3) is 0.409. The van der Waals surface area contributed by atoms with E-state index in [1.807, 2.05) is 31.3 Å². The van der Waals surface area contributed by atoms with Gasteiger partial charge in [0.25, 0.3) is 5.91 Å². The maximum Gasteiger partial charge on any atom is 0.255 e. The van der Waals surface area contributed by atoms with Crippen LogP contribution in [0.3, 0.4) is 0 Å². The average molecular weight is 416 g/mol. The summed E-state index contributed by atoms with van der Waals surface area (Å²) in [5, 5.41) is 2.83. The number of likely N-dealkylation sites (N-methyl/N-ethyl adjacent to an activating group) is 1. The van der Waals surface area contributed by atoms with Gasteiger partial charge in [0.2, 0.25) is 10.0 Å². The van der Waals surface area contributed by atoms with E-state index in [2.05, 4.69) is 31.0 Å². The molecule has 2 aromatic carbocycles. The number of sulfonamides is 1. The molecule has 0 saturated carbocycles. The summed E-state index contributed by atoms with van der Waals surface area (Å²) in [5.74, 6) is -0.222. The quantitative estimate of drug-likeness (QED) is 0.833. The number of piperazine rings is 1. The lowest BCUT2D eigenvalue weighted by Gasteiger charge is -2.31. The van der Waals surface area contributed by atoms with Gasteiger partial charge in [-0.1, -0.05) is 32.9 Å². The summed E-state index contributed by atoms with van der Waals surface area (Å²) in [5.41, 5.74) is 2.31. The van der Waals surface area contributed by atoms with Crippen LogP contribution in [-0.2, 0) is 15.4 Å². The number of nitrogens with zero attached hydrogens (tertiary/aromatic N) is 2. The Morgan fingerprint density at radius 2 is 1.45 bits per heavy atom. The summed E-state index contributed by atoms with van der Waals surface area (Å²) in [6.45, 7) is 8.80. The lowest BCUT2D eigenvalue weighted by atomic mass is 9.87. The van der Waals surface area contributed by atoms with E-state index in [1.54, 1.807) is 24.3 Å². The lowest BCUT2D eigenvalue weighted by Crippen LogP contribution is -2.46. The van der Waals surface area contributed by atoms with E-state index in [0.29, 0.717) is 24.3 Å². The molecule has 1 aliphatic heterocycles. The van der Waals surface area contributed by atoms with Crippen LogP contribution in [0.25, 0.3) is 0 Å². The second-order valence-corrected chi connectivity index (χ2v) is 10.5. The van der Waals surface area contributed by atoms with E-state index in [0.717, 1.165) is 18.7 Å². The van der Waals surface area contributed by atoms with Gasteiger partial charge in [0.15, 0.2) is 0 Å². The Kier molecular flexibility index (Phi) is 6.12. The standard InChI is InChI=1S/C22H29N3O3S/c1-22(2,3)18-7-5-17(6-8-18)21(26)23-19-9-11-20(12-10-19)29(27,28)25-15-13-24(4)14-16-25/h5-12H,13-16H2,1-4H3,(H,23,26). The van der Waals surface area contributed by atoms with Crippen LogP contribution < -0.4 is 5.32 Å². The van der Waals surface area contributed by atoms with Crippen molar-refractivity contribution in [3.05, 3.63) is 59.7 Å². The molecule has 1 fully saturated rings. The first-order valence-corrected chi connectivity index (χ1v) is 11.2. The molecule has 0 atom stereocenters. The van der Waals surface area contributed by atoms with Crippen LogP contribution in [0.15, 0.2) is 53.4 Å². The summed E-state index contributed by atoms with van der Waals surface area (Å²) in [6.07, 6.45) is 0. The highest BCUT2D eigenvalue weighted by molar-refractivity contribution is 7.89. The highest BCUT2D eigenvalue weighted by Crippen LogP contribution is 2.23. The van der Waals surface area contributed by atoms with E-state index in [-0.39, 0.29) is 16.2 Å². The molecule has 1 heterocycles. The van der Waals surface area contributed by atoms with Crippen molar-refractivity contribution in [2.24, 2.45) is 0 Å². The second-order valence-electron chi connectivity index (χ2n) is 8.51. The molecule has 0 unspecified atom stereocenters. The Balaban J connectivity index is 1.68. The summed E-state index contributed by atoms with van der Waals surface area (Å²) >= 11 is 0. The van der Waals surface area contributed by atoms with E-state index in [1.165, 1.54) is 4.31 Å². The van der Waals surface area contributed by atoms with Crippen LogP contribution in [0.2, 0.25) is 0 Å². The summed E-state index contributed by atoms with van der Waals surface area (Å²) in [4.78, 5) is 14.8. The first-order valence-electron chi connectivity index (χ1n) is 9.78.